The summed E-state index contributed by atoms with van der Waals surface area (Å²) in [4.78, 5) is 12.7. The number of hydrogen-bond donors (Lipinski definition) is 1. The normalized spacial score (nSPS) is 19.3. The zero-order valence-corrected chi connectivity index (χ0v) is 14.3. The molecule has 0 spiro atoms. The van der Waals surface area contributed by atoms with Gasteiger partial charge in [-0.3, -0.25) is 4.79 Å². The highest BCUT2D eigenvalue weighted by molar-refractivity contribution is 5.85. The van der Waals surface area contributed by atoms with Gasteiger partial charge < -0.3 is 14.8 Å². The van der Waals surface area contributed by atoms with Crippen molar-refractivity contribution < 1.29 is 14.3 Å². The molecule has 3 rings (SSSR count). The molecule has 1 N–H and O–H groups in total. The molecule has 1 aliphatic rings. The minimum absolute atomic E-state index is 0.155. The van der Waals surface area contributed by atoms with Crippen LogP contribution in [0.1, 0.15) is 32.3 Å². The van der Waals surface area contributed by atoms with E-state index in [2.05, 4.69) is 5.32 Å². The first kappa shape index (κ1) is 16.4. The van der Waals surface area contributed by atoms with Crippen LogP contribution in [0.3, 0.4) is 0 Å². The van der Waals surface area contributed by atoms with Crippen LogP contribution in [-0.2, 0) is 9.53 Å². The fourth-order valence-electron chi connectivity index (χ4n) is 2.90. The van der Waals surface area contributed by atoms with Crippen molar-refractivity contribution in [2.75, 3.05) is 11.9 Å². The number of anilines is 1. The van der Waals surface area contributed by atoms with Crippen molar-refractivity contribution in [3.63, 3.8) is 0 Å². The van der Waals surface area contributed by atoms with E-state index in [4.69, 9.17) is 9.47 Å². The number of para-hydroxylation sites is 2. The van der Waals surface area contributed by atoms with Gasteiger partial charge in [0.2, 0.25) is 0 Å². The molecule has 1 aliphatic heterocycles. The Morgan fingerprint density at radius 3 is 2.42 bits per heavy atom. The highest BCUT2D eigenvalue weighted by Crippen LogP contribution is 2.37. The van der Waals surface area contributed by atoms with E-state index >= 15 is 0 Å². The van der Waals surface area contributed by atoms with E-state index in [9.17, 15) is 4.79 Å². The number of carbonyl (C=O) groups is 1. The van der Waals surface area contributed by atoms with Crippen LogP contribution in [0.2, 0.25) is 0 Å². The summed E-state index contributed by atoms with van der Waals surface area (Å²) < 4.78 is 11.5. The van der Waals surface area contributed by atoms with E-state index in [1.165, 1.54) is 0 Å². The van der Waals surface area contributed by atoms with Gasteiger partial charge in [0.1, 0.15) is 23.9 Å². The van der Waals surface area contributed by atoms with Crippen LogP contribution >= 0.6 is 0 Å². The minimum atomic E-state index is -0.514. The molecule has 4 heteroatoms. The van der Waals surface area contributed by atoms with Crippen LogP contribution in [-0.4, -0.2) is 24.2 Å². The number of hydrogen-bond acceptors (Lipinski definition) is 4. The lowest BCUT2D eigenvalue weighted by molar-refractivity contribution is -0.157. The van der Waals surface area contributed by atoms with E-state index in [0.29, 0.717) is 6.61 Å². The topological polar surface area (TPSA) is 47.6 Å². The smallest absolute Gasteiger partial charge is 0.316 e. The van der Waals surface area contributed by atoms with Crippen molar-refractivity contribution in [3.05, 3.63) is 60.2 Å². The molecule has 24 heavy (non-hydrogen) atoms. The summed E-state index contributed by atoms with van der Waals surface area (Å²) in [6.45, 7) is 6.04. The first-order valence-corrected chi connectivity index (χ1v) is 8.20. The summed E-state index contributed by atoms with van der Waals surface area (Å²) in [6.07, 6.45) is 0. The van der Waals surface area contributed by atoms with Gasteiger partial charge in [0.15, 0.2) is 0 Å². The highest BCUT2D eigenvalue weighted by atomic mass is 16.6. The lowest BCUT2D eigenvalue weighted by Crippen LogP contribution is -2.36. The summed E-state index contributed by atoms with van der Waals surface area (Å²) in [5, 5.41) is 3.40. The Morgan fingerprint density at radius 1 is 1.04 bits per heavy atom. The third-order valence-electron chi connectivity index (χ3n) is 3.87. The average molecular weight is 325 g/mol. The first-order chi connectivity index (χ1) is 11.4. The zero-order valence-electron chi connectivity index (χ0n) is 14.3. The van der Waals surface area contributed by atoms with Crippen molar-refractivity contribution in [2.45, 2.75) is 38.3 Å². The van der Waals surface area contributed by atoms with Gasteiger partial charge in [-0.05, 0) is 44.5 Å². The van der Waals surface area contributed by atoms with Gasteiger partial charge in [-0.1, -0.05) is 36.4 Å². The molecule has 0 saturated heterocycles. The number of benzene rings is 2. The number of carbonyl (C=O) groups excluding carboxylic acids is 1. The van der Waals surface area contributed by atoms with E-state index in [1.807, 2.05) is 75.4 Å². The molecule has 0 bridgehead atoms. The Morgan fingerprint density at radius 2 is 1.71 bits per heavy atom. The van der Waals surface area contributed by atoms with E-state index < -0.39 is 5.60 Å². The molecular formula is C20H23NO3. The highest BCUT2D eigenvalue weighted by Gasteiger charge is 2.40. The molecule has 4 nitrogen and oxygen atoms in total. The van der Waals surface area contributed by atoms with Gasteiger partial charge in [0, 0.05) is 5.69 Å². The number of esters is 1. The van der Waals surface area contributed by atoms with Gasteiger partial charge in [-0.15, -0.1) is 0 Å². The predicted molar refractivity (Wildman–Crippen MR) is 94.4 cm³/mol. The molecule has 2 unspecified atom stereocenters. The molecule has 0 amide bonds. The van der Waals surface area contributed by atoms with Gasteiger partial charge in [0.05, 0.1) is 6.04 Å². The molecular weight excluding hydrogens is 302 g/mol. The number of rotatable bonds is 4. The standard InChI is InChI=1S/C20H23NO3/c1-20(2,3)24-19(22)18-15-11-7-8-12-16(15)21-17(18)13-23-14-9-5-4-6-10-14/h4-12,17-18,21H,13H2,1-3H3. The van der Waals surface area contributed by atoms with E-state index in [1.54, 1.807) is 0 Å². The second-order valence-corrected chi connectivity index (χ2v) is 6.97. The summed E-state index contributed by atoms with van der Waals surface area (Å²) in [5.41, 5.74) is 1.42. The monoisotopic (exact) mass is 325 g/mol. The van der Waals surface area contributed by atoms with Crippen molar-refractivity contribution in [1.82, 2.24) is 0 Å². The van der Waals surface area contributed by atoms with Gasteiger partial charge in [-0.2, -0.15) is 0 Å². The summed E-state index contributed by atoms with van der Waals surface area (Å²) in [6, 6.07) is 17.3. The van der Waals surface area contributed by atoms with E-state index in [0.717, 1.165) is 17.0 Å². The largest absolute Gasteiger partial charge is 0.491 e. The van der Waals surface area contributed by atoms with Crippen LogP contribution in [0.25, 0.3) is 0 Å². The molecule has 126 valence electrons. The Hall–Kier alpha value is -2.49. The second-order valence-electron chi connectivity index (χ2n) is 6.97. The van der Waals surface area contributed by atoms with Gasteiger partial charge >= 0.3 is 5.97 Å². The molecule has 1 heterocycles. The van der Waals surface area contributed by atoms with Crippen LogP contribution in [0, 0.1) is 0 Å². The lowest BCUT2D eigenvalue weighted by atomic mass is 9.95. The second kappa shape index (κ2) is 6.56. The predicted octanol–water partition coefficient (Wildman–Crippen LogP) is 3.99. The molecule has 0 aliphatic carbocycles. The maximum absolute atomic E-state index is 12.7. The van der Waals surface area contributed by atoms with Crippen LogP contribution in [0.5, 0.6) is 5.75 Å². The summed E-state index contributed by atoms with van der Waals surface area (Å²) in [7, 11) is 0. The third kappa shape index (κ3) is 3.70. The van der Waals surface area contributed by atoms with Gasteiger partial charge in [0.25, 0.3) is 0 Å². The van der Waals surface area contributed by atoms with E-state index in [-0.39, 0.29) is 17.9 Å². The molecule has 2 atom stereocenters. The molecule has 0 saturated carbocycles. The maximum atomic E-state index is 12.7. The molecule has 0 fully saturated rings. The number of nitrogens with one attached hydrogen (secondary N) is 1. The maximum Gasteiger partial charge on any atom is 0.316 e. The third-order valence-corrected chi connectivity index (χ3v) is 3.87. The number of ether oxygens (including phenoxy) is 2. The molecule has 0 aromatic heterocycles. The summed E-state index contributed by atoms with van der Waals surface area (Å²) >= 11 is 0. The molecule has 2 aromatic carbocycles. The number of fused-ring (bicyclic) bond motifs is 1. The Labute approximate surface area is 142 Å². The summed E-state index contributed by atoms with van der Waals surface area (Å²) in [5.74, 6) is 0.198. The zero-order chi connectivity index (χ0) is 17.2. The Balaban J connectivity index is 1.78. The Kier molecular flexibility index (Phi) is 4.47. The SMILES string of the molecule is CC(C)(C)OC(=O)C1c2ccccc2NC1COc1ccccc1. The molecule has 0 radical (unpaired) electrons. The van der Waals surface area contributed by atoms with Crippen LogP contribution in [0.4, 0.5) is 5.69 Å². The average Bonchev–Trinajstić information content (AvgIpc) is 2.91. The van der Waals surface area contributed by atoms with Gasteiger partial charge in [-0.25, -0.2) is 0 Å². The fourth-order valence-corrected chi connectivity index (χ4v) is 2.90. The van der Waals surface area contributed by atoms with Crippen LogP contribution < -0.4 is 10.1 Å². The van der Waals surface area contributed by atoms with Crippen molar-refractivity contribution in [2.24, 2.45) is 0 Å². The van der Waals surface area contributed by atoms with Crippen molar-refractivity contribution in [1.29, 1.82) is 0 Å². The minimum Gasteiger partial charge on any atom is -0.491 e. The lowest BCUT2D eigenvalue weighted by Gasteiger charge is -2.25. The van der Waals surface area contributed by atoms with Crippen LogP contribution in [0.15, 0.2) is 54.6 Å². The first-order valence-electron chi connectivity index (χ1n) is 8.20. The fraction of sp³-hybridized carbons (Fsp3) is 0.350. The Bertz CT molecular complexity index is 706. The molecule has 2 aromatic rings. The quantitative estimate of drug-likeness (QED) is 0.864. The van der Waals surface area contributed by atoms with Crippen molar-refractivity contribution >= 4 is 11.7 Å². The van der Waals surface area contributed by atoms with Crippen molar-refractivity contribution in [3.8, 4) is 5.75 Å².